The molecule has 1 aromatic rings. The molecule has 5 nitrogen and oxygen atoms in total. The number of rotatable bonds is 3. The van der Waals surface area contributed by atoms with Crippen molar-refractivity contribution < 1.29 is 9.59 Å². The Bertz CT molecular complexity index is 564. The van der Waals surface area contributed by atoms with E-state index in [-0.39, 0.29) is 18.4 Å². The second kappa shape index (κ2) is 5.68. The molecule has 2 heterocycles. The van der Waals surface area contributed by atoms with Crippen LogP contribution in [0.3, 0.4) is 0 Å². The molecule has 7 heteroatoms. The van der Waals surface area contributed by atoms with Crippen molar-refractivity contribution in [3.63, 3.8) is 0 Å². The van der Waals surface area contributed by atoms with Crippen LogP contribution in [-0.2, 0) is 16.1 Å². The second-order valence-electron chi connectivity index (χ2n) is 6.09. The molecule has 114 valence electrons. The Morgan fingerprint density at radius 1 is 1.33 bits per heavy atom. The maximum absolute atomic E-state index is 12.7. The highest BCUT2D eigenvalue weighted by molar-refractivity contribution is 8.00. The van der Waals surface area contributed by atoms with Crippen molar-refractivity contribution in [2.75, 3.05) is 6.26 Å². The third-order valence-electron chi connectivity index (χ3n) is 4.64. The molecule has 0 bridgehead atoms. The van der Waals surface area contributed by atoms with Gasteiger partial charge in [0.25, 0.3) is 0 Å². The number of carbonyl (C=O) groups excluding carboxylic acids is 2. The zero-order valence-electron chi connectivity index (χ0n) is 12.3. The standard InChI is InChI=1S/C14H19N3O2S2/c1-9-3-5-14(6-4-9)7-11(18)17(12(14)19)8-10-15-16-13(20-2)21-10/h9H,3-8H2,1-2H3. The number of thioether (sulfide) groups is 1. The first-order valence-corrected chi connectivity index (χ1v) is 9.29. The van der Waals surface area contributed by atoms with Gasteiger partial charge in [-0.2, -0.15) is 0 Å². The van der Waals surface area contributed by atoms with Gasteiger partial charge >= 0.3 is 0 Å². The van der Waals surface area contributed by atoms with E-state index in [2.05, 4.69) is 17.1 Å². The molecule has 0 atom stereocenters. The van der Waals surface area contributed by atoms with Crippen LogP contribution in [0.25, 0.3) is 0 Å². The zero-order chi connectivity index (χ0) is 15.0. The molecule has 2 fully saturated rings. The van der Waals surface area contributed by atoms with Crippen LogP contribution >= 0.6 is 23.1 Å². The van der Waals surface area contributed by atoms with Crippen LogP contribution in [0.4, 0.5) is 0 Å². The van der Waals surface area contributed by atoms with Crippen molar-refractivity contribution >= 4 is 34.9 Å². The average molecular weight is 325 g/mol. The fourth-order valence-electron chi connectivity index (χ4n) is 3.25. The van der Waals surface area contributed by atoms with E-state index in [1.165, 1.54) is 28.0 Å². The minimum Gasteiger partial charge on any atom is -0.275 e. The van der Waals surface area contributed by atoms with E-state index in [0.29, 0.717) is 12.3 Å². The highest BCUT2D eigenvalue weighted by Gasteiger charge is 2.52. The summed E-state index contributed by atoms with van der Waals surface area (Å²) in [5.74, 6) is 0.635. The smallest absolute Gasteiger partial charge is 0.236 e. The molecular formula is C14H19N3O2S2. The van der Waals surface area contributed by atoms with Gasteiger partial charge in [0.15, 0.2) is 4.34 Å². The monoisotopic (exact) mass is 325 g/mol. The van der Waals surface area contributed by atoms with Crippen LogP contribution in [0.2, 0.25) is 0 Å². The first kappa shape index (κ1) is 15.0. The van der Waals surface area contributed by atoms with E-state index in [0.717, 1.165) is 35.0 Å². The molecule has 2 aliphatic rings. The highest BCUT2D eigenvalue weighted by atomic mass is 32.2. The Kier molecular flexibility index (Phi) is 4.05. The van der Waals surface area contributed by atoms with Gasteiger partial charge in [0, 0.05) is 6.42 Å². The Morgan fingerprint density at radius 2 is 2.05 bits per heavy atom. The molecule has 1 aliphatic heterocycles. The largest absolute Gasteiger partial charge is 0.275 e. The highest BCUT2D eigenvalue weighted by Crippen LogP contribution is 2.47. The number of likely N-dealkylation sites (tertiary alicyclic amines) is 1. The van der Waals surface area contributed by atoms with Gasteiger partial charge in [-0.3, -0.25) is 14.5 Å². The lowest BCUT2D eigenvalue weighted by molar-refractivity contribution is -0.143. The molecule has 21 heavy (non-hydrogen) atoms. The number of hydrogen-bond donors (Lipinski definition) is 0. The molecule has 1 saturated carbocycles. The Morgan fingerprint density at radius 3 is 2.67 bits per heavy atom. The van der Waals surface area contributed by atoms with Crippen LogP contribution in [0.1, 0.15) is 44.0 Å². The van der Waals surface area contributed by atoms with Crippen LogP contribution in [0.15, 0.2) is 4.34 Å². The van der Waals surface area contributed by atoms with Crippen molar-refractivity contribution in [1.29, 1.82) is 0 Å². The fraction of sp³-hybridized carbons (Fsp3) is 0.714. The molecule has 1 aromatic heterocycles. The van der Waals surface area contributed by atoms with Crippen LogP contribution in [0.5, 0.6) is 0 Å². The van der Waals surface area contributed by atoms with E-state index in [9.17, 15) is 9.59 Å². The summed E-state index contributed by atoms with van der Waals surface area (Å²) in [6, 6.07) is 0. The van der Waals surface area contributed by atoms with Gasteiger partial charge in [0.05, 0.1) is 12.0 Å². The SMILES string of the molecule is CSc1nnc(CN2C(=O)CC3(CCC(C)CC3)C2=O)s1. The molecular weight excluding hydrogens is 306 g/mol. The Labute approximate surface area is 132 Å². The predicted octanol–water partition coefficient (Wildman–Crippen LogP) is 2.72. The van der Waals surface area contributed by atoms with E-state index >= 15 is 0 Å². The predicted molar refractivity (Wildman–Crippen MR) is 81.9 cm³/mol. The van der Waals surface area contributed by atoms with E-state index in [4.69, 9.17) is 0 Å². The van der Waals surface area contributed by atoms with Gasteiger partial charge in [-0.15, -0.1) is 10.2 Å². The summed E-state index contributed by atoms with van der Waals surface area (Å²) < 4.78 is 0.866. The fourth-order valence-corrected chi connectivity index (χ4v) is 4.55. The first-order chi connectivity index (χ1) is 10.0. The zero-order valence-corrected chi connectivity index (χ0v) is 13.9. The number of nitrogens with zero attached hydrogens (tertiary/aromatic N) is 3. The lowest BCUT2D eigenvalue weighted by Gasteiger charge is -2.33. The maximum atomic E-state index is 12.7. The van der Waals surface area contributed by atoms with Gasteiger partial charge < -0.3 is 0 Å². The molecule has 3 rings (SSSR count). The van der Waals surface area contributed by atoms with Crippen molar-refractivity contribution in [3.8, 4) is 0 Å². The summed E-state index contributed by atoms with van der Waals surface area (Å²) in [6.45, 7) is 2.50. The summed E-state index contributed by atoms with van der Waals surface area (Å²) in [5.41, 5.74) is -0.420. The first-order valence-electron chi connectivity index (χ1n) is 7.25. The molecule has 0 unspecified atom stereocenters. The molecule has 2 amide bonds. The van der Waals surface area contributed by atoms with E-state index < -0.39 is 5.41 Å². The van der Waals surface area contributed by atoms with Crippen molar-refractivity contribution in [2.24, 2.45) is 11.3 Å². The molecule has 1 saturated heterocycles. The number of carbonyl (C=O) groups is 2. The van der Waals surface area contributed by atoms with Gasteiger partial charge in [-0.05, 0) is 37.9 Å². The number of imide groups is 1. The quantitative estimate of drug-likeness (QED) is 0.631. The van der Waals surface area contributed by atoms with Gasteiger partial charge in [0.1, 0.15) is 5.01 Å². The number of hydrogen-bond acceptors (Lipinski definition) is 6. The number of aromatic nitrogens is 2. The minimum atomic E-state index is -0.420. The van der Waals surface area contributed by atoms with Gasteiger partial charge in [-0.1, -0.05) is 30.0 Å². The van der Waals surface area contributed by atoms with Crippen molar-refractivity contribution in [1.82, 2.24) is 15.1 Å². The van der Waals surface area contributed by atoms with Gasteiger partial charge in [0.2, 0.25) is 11.8 Å². The lowest BCUT2D eigenvalue weighted by atomic mass is 9.70. The normalized spacial score (nSPS) is 29.6. The molecule has 0 aromatic carbocycles. The number of amides is 2. The van der Waals surface area contributed by atoms with Crippen molar-refractivity contribution in [2.45, 2.75) is 49.9 Å². The summed E-state index contributed by atoms with van der Waals surface area (Å²) in [5, 5.41) is 8.83. The summed E-state index contributed by atoms with van der Waals surface area (Å²) in [4.78, 5) is 26.4. The molecule has 1 aliphatic carbocycles. The minimum absolute atomic E-state index is 0.0142. The summed E-state index contributed by atoms with van der Waals surface area (Å²) in [7, 11) is 0. The third kappa shape index (κ3) is 2.73. The molecule has 0 radical (unpaired) electrons. The lowest BCUT2D eigenvalue weighted by Crippen LogP contribution is -2.37. The molecule has 1 spiro atoms. The summed E-state index contributed by atoms with van der Waals surface area (Å²) in [6.07, 6.45) is 6.11. The third-order valence-corrected chi connectivity index (χ3v) is 6.52. The maximum Gasteiger partial charge on any atom is 0.236 e. The van der Waals surface area contributed by atoms with Gasteiger partial charge in [-0.25, -0.2) is 0 Å². The summed E-state index contributed by atoms with van der Waals surface area (Å²) >= 11 is 2.98. The van der Waals surface area contributed by atoms with E-state index in [1.54, 1.807) is 0 Å². The second-order valence-corrected chi connectivity index (χ2v) is 8.21. The van der Waals surface area contributed by atoms with E-state index in [1.807, 2.05) is 6.26 Å². The van der Waals surface area contributed by atoms with Crippen molar-refractivity contribution in [3.05, 3.63) is 5.01 Å². The average Bonchev–Trinajstić information content (AvgIpc) is 3.02. The Balaban J connectivity index is 1.74. The molecule has 0 N–H and O–H groups in total. The van der Waals surface area contributed by atoms with Crippen LogP contribution in [-0.4, -0.2) is 33.2 Å². The van der Waals surface area contributed by atoms with Crippen LogP contribution in [0, 0.1) is 11.3 Å². The Hall–Kier alpha value is -0.950. The van der Waals surface area contributed by atoms with Crippen LogP contribution < -0.4 is 0 Å². The topological polar surface area (TPSA) is 63.2 Å².